The van der Waals surface area contributed by atoms with Gasteiger partial charge >= 0.3 is 0 Å². The molecule has 0 N–H and O–H groups in total. The van der Waals surface area contributed by atoms with E-state index in [9.17, 15) is 0 Å². The summed E-state index contributed by atoms with van der Waals surface area (Å²) in [5, 5.41) is 2.19. The lowest BCUT2D eigenvalue weighted by Crippen LogP contribution is -1.94. The number of allylic oxidation sites excluding steroid dienone is 1. The first-order valence-corrected chi connectivity index (χ1v) is 14.5. The molecule has 40 heavy (non-hydrogen) atoms. The summed E-state index contributed by atoms with van der Waals surface area (Å²) in [5.74, 6) is 0. The normalized spacial score (nSPS) is 12.5. The SMILES string of the molecule is c1cc2c(oc3ccccc32)c(-c2ccccc2-c2sc(-c3cccc(-c4ccccc4)c3)c3c2CCC=C3)c#1. The van der Waals surface area contributed by atoms with Crippen LogP contribution in [0.3, 0.4) is 0 Å². The molecule has 0 atom stereocenters. The van der Waals surface area contributed by atoms with Crippen molar-refractivity contribution in [2.24, 2.45) is 0 Å². The molecule has 2 aromatic heterocycles. The van der Waals surface area contributed by atoms with Crippen molar-refractivity contribution < 1.29 is 4.42 Å². The Kier molecular flexibility index (Phi) is 5.43. The Labute approximate surface area is 237 Å². The summed E-state index contributed by atoms with van der Waals surface area (Å²) >= 11 is 1.90. The molecule has 2 heteroatoms. The molecule has 0 saturated carbocycles. The molecular formula is C38H24OS. The fraction of sp³-hybridized carbons (Fsp3) is 0.0526. The van der Waals surface area contributed by atoms with Gasteiger partial charge in [-0.15, -0.1) is 11.3 Å². The molecule has 188 valence electrons. The van der Waals surface area contributed by atoms with E-state index in [-0.39, 0.29) is 0 Å². The molecule has 5 aromatic carbocycles. The highest BCUT2D eigenvalue weighted by Gasteiger charge is 2.23. The summed E-state index contributed by atoms with van der Waals surface area (Å²) in [6.07, 6.45) is 6.73. The summed E-state index contributed by atoms with van der Waals surface area (Å²) in [4.78, 5) is 2.66. The van der Waals surface area contributed by atoms with Crippen LogP contribution in [-0.4, -0.2) is 0 Å². The predicted molar refractivity (Wildman–Crippen MR) is 168 cm³/mol. The quantitative estimate of drug-likeness (QED) is 0.221. The average Bonchev–Trinajstić information content (AvgIpc) is 3.61. The number of fused-ring (bicyclic) bond motifs is 4. The van der Waals surface area contributed by atoms with Crippen molar-refractivity contribution in [1.29, 1.82) is 0 Å². The molecule has 7 aromatic rings. The highest BCUT2D eigenvalue weighted by molar-refractivity contribution is 7.19. The molecule has 0 bridgehead atoms. The molecule has 0 fully saturated rings. The van der Waals surface area contributed by atoms with Crippen LogP contribution in [0, 0.1) is 12.1 Å². The zero-order valence-corrected chi connectivity index (χ0v) is 22.6. The van der Waals surface area contributed by atoms with Crippen LogP contribution in [0.4, 0.5) is 0 Å². The van der Waals surface area contributed by atoms with Gasteiger partial charge in [0.1, 0.15) is 5.58 Å². The number of furan rings is 1. The fourth-order valence-corrected chi connectivity index (χ4v) is 7.33. The highest BCUT2D eigenvalue weighted by atomic mass is 32.1. The maximum atomic E-state index is 6.41. The van der Waals surface area contributed by atoms with Gasteiger partial charge in [-0.3, -0.25) is 0 Å². The molecule has 0 aliphatic heterocycles. The Morgan fingerprint density at radius 2 is 1.45 bits per heavy atom. The molecule has 0 unspecified atom stereocenters. The molecular weight excluding hydrogens is 504 g/mol. The van der Waals surface area contributed by atoms with Crippen molar-refractivity contribution >= 4 is 39.4 Å². The lowest BCUT2D eigenvalue weighted by Gasteiger charge is -2.12. The number of hydrogen-bond donors (Lipinski definition) is 0. The van der Waals surface area contributed by atoms with E-state index in [0.717, 1.165) is 45.9 Å². The van der Waals surface area contributed by atoms with Gasteiger partial charge in [0.15, 0.2) is 5.58 Å². The number of para-hydroxylation sites is 1. The highest BCUT2D eigenvalue weighted by Crippen LogP contribution is 2.48. The summed E-state index contributed by atoms with van der Waals surface area (Å²) in [5.41, 5.74) is 11.6. The maximum Gasteiger partial charge on any atom is 0.152 e. The number of hydrogen-bond acceptors (Lipinski definition) is 2. The van der Waals surface area contributed by atoms with Crippen LogP contribution in [0.15, 0.2) is 120 Å². The second-order valence-electron chi connectivity index (χ2n) is 10.2. The van der Waals surface area contributed by atoms with Crippen LogP contribution in [0.5, 0.6) is 0 Å². The molecule has 0 saturated heterocycles. The molecule has 0 radical (unpaired) electrons. The first-order valence-electron chi connectivity index (χ1n) is 13.7. The number of rotatable bonds is 4. The summed E-state index contributed by atoms with van der Waals surface area (Å²) in [7, 11) is 0. The molecule has 8 rings (SSSR count). The zero-order valence-electron chi connectivity index (χ0n) is 21.8. The van der Waals surface area contributed by atoms with Gasteiger partial charge in [0.05, 0.1) is 5.56 Å². The largest absolute Gasteiger partial charge is 0.455 e. The van der Waals surface area contributed by atoms with Crippen LogP contribution in [0.2, 0.25) is 0 Å². The van der Waals surface area contributed by atoms with Crippen molar-refractivity contribution in [3.63, 3.8) is 0 Å². The van der Waals surface area contributed by atoms with Crippen LogP contribution in [0.25, 0.3) is 71.1 Å². The van der Waals surface area contributed by atoms with Gasteiger partial charge in [-0.05, 0) is 52.8 Å². The fourth-order valence-electron chi connectivity index (χ4n) is 5.95. The van der Waals surface area contributed by atoms with Gasteiger partial charge in [-0.2, -0.15) is 0 Å². The van der Waals surface area contributed by atoms with E-state index >= 15 is 0 Å². The monoisotopic (exact) mass is 528 g/mol. The van der Waals surface area contributed by atoms with Gasteiger partial charge < -0.3 is 4.42 Å². The Morgan fingerprint density at radius 3 is 2.38 bits per heavy atom. The van der Waals surface area contributed by atoms with E-state index in [2.05, 4.69) is 115 Å². The molecule has 1 aliphatic rings. The minimum absolute atomic E-state index is 0.869. The van der Waals surface area contributed by atoms with Crippen LogP contribution in [-0.2, 0) is 6.42 Å². The smallest absolute Gasteiger partial charge is 0.152 e. The lowest BCUT2D eigenvalue weighted by molar-refractivity contribution is 0.670. The molecule has 0 spiro atoms. The first kappa shape index (κ1) is 23.1. The van der Waals surface area contributed by atoms with E-state index < -0.39 is 0 Å². The molecule has 1 nitrogen and oxygen atoms in total. The van der Waals surface area contributed by atoms with Crippen molar-refractivity contribution in [2.75, 3.05) is 0 Å². The van der Waals surface area contributed by atoms with Crippen molar-refractivity contribution in [3.8, 4) is 43.1 Å². The molecule has 1 aliphatic carbocycles. The zero-order chi connectivity index (χ0) is 26.5. The third kappa shape index (κ3) is 3.71. The van der Waals surface area contributed by atoms with Gasteiger partial charge in [0.25, 0.3) is 0 Å². The van der Waals surface area contributed by atoms with Crippen LogP contribution >= 0.6 is 11.3 Å². The molecule has 0 amide bonds. The summed E-state index contributed by atoms with van der Waals surface area (Å²) in [6, 6.07) is 45.2. The summed E-state index contributed by atoms with van der Waals surface area (Å²) in [6.45, 7) is 0. The number of benzene rings is 4. The topological polar surface area (TPSA) is 13.1 Å². The van der Waals surface area contributed by atoms with Gasteiger partial charge in [0.2, 0.25) is 0 Å². The Hall–Kier alpha value is -4.84. The lowest BCUT2D eigenvalue weighted by atomic mass is 9.91. The van der Waals surface area contributed by atoms with Gasteiger partial charge in [0, 0.05) is 37.7 Å². The minimum Gasteiger partial charge on any atom is -0.455 e. The minimum atomic E-state index is 0.869. The third-order valence-corrected chi connectivity index (χ3v) is 9.17. The Morgan fingerprint density at radius 1 is 0.675 bits per heavy atom. The first-order chi connectivity index (χ1) is 19.8. The van der Waals surface area contributed by atoms with Crippen molar-refractivity contribution in [3.05, 3.63) is 139 Å². The van der Waals surface area contributed by atoms with Crippen LogP contribution in [0.1, 0.15) is 17.5 Å². The maximum absolute atomic E-state index is 6.41. The Bertz CT molecular complexity index is 2050. The Balaban J connectivity index is 1.32. The third-order valence-electron chi connectivity index (χ3n) is 7.84. The molecule has 2 heterocycles. The standard InChI is InChI=1S/C38H24OS/c1-2-12-25(13-3-1)26-14-10-15-27(24-26)37-33-19-6-7-20-34(33)38(40-37)32-18-5-4-16-28(32)30-21-11-22-31-29-17-8-9-23-35(29)39-36(30)31/h1-6,8-10,12-19,22-24H,7,20H2. The second-order valence-corrected chi connectivity index (χ2v) is 11.2. The van der Waals surface area contributed by atoms with E-state index in [1.165, 1.54) is 43.1 Å². The second kappa shape index (κ2) is 9.42. The predicted octanol–water partition coefficient (Wildman–Crippen LogP) is 10.9. The van der Waals surface area contributed by atoms with Crippen molar-refractivity contribution in [1.82, 2.24) is 0 Å². The van der Waals surface area contributed by atoms with E-state index in [4.69, 9.17) is 4.42 Å². The van der Waals surface area contributed by atoms with E-state index in [0.29, 0.717) is 0 Å². The number of thiophene rings is 1. The van der Waals surface area contributed by atoms with Gasteiger partial charge in [-0.1, -0.05) is 115 Å². The summed E-state index contributed by atoms with van der Waals surface area (Å²) < 4.78 is 6.41. The van der Waals surface area contributed by atoms with E-state index in [1.807, 2.05) is 29.5 Å². The van der Waals surface area contributed by atoms with Crippen molar-refractivity contribution in [2.45, 2.75) is 12.8 Å². The average molecular weight is 529 g/mol. The van der Waals surface area contributed by atoms with Gasteiger partial charge in [-0.25, -0.2) is 0 Å². The van der Waals surface area contributed by atoms with E-state index in [1.54, 1.807) is 0 Å². The van der Waals surface area contributed by atoms with Crippen LogP contribution < -0.4 is 0 Å².